The van der Waals surface area contributed by atoms with Crippen molar-refractivity contribution in [3.05, 3.63) is 88.5 Å². The average molecular weight is 449 g/mol. The summed E-state index contributed by atoms with van der Waals surface area (Å²) in [7, 11) is 4.96. The van der Waals surface area contributed by atoms with E-state index in [9.17, 15) is 4.79 Å². The van der Waals surface area contributed by atoms with Crippen LogP contribution in [0.1, 0.15) is 45.5 Å². The summed E-state index contributed by atoms with van der Waals surface area (Å²) in [5.74, 6) is 1.17. The minimum atomic E-state index is -0.906. The molecule has 0 aliphatic heterocycles. The van der Waals surface area contributed by atoms with E-state index in [2.05, 4.69) is 30.3 Å². The number of benzene rings is 3. The molecule has 3 aromatic rings. The predicted molar refractivity (Wildman–Crippen MR) is 130 cm³/mol. The maximum atomic E-state index is 11.0. The van der Waals surface area contributed by atoms with Crippen LogP contribution in [-0.4, -0.2) is 32.4 Å². The Morgan fingerprint density at radius 3 is 1.61 bits per heavy atom. The monoisotopic (exact) mass is 448 g/mol. The number of rotatable bonds is 12. The molecule has 0 aromatic heterocycles. The number of aryl methyl sites for hydroxylation is 4. The van der Waals surface area contributed by atoms with Crippen LogP contribution in [0.15, 0.2) is 60.7 Å². The molecule has 0 amide bonds. The van der Waals surface area contributed by atoms with Crippen LogP contribution >= 0.6 is 0 Å². The normalized spacial score (nSPS) is 10.6. The minimum absolute atomic E-state index is 0.306. The minimum Gasteiger partial charge on any atom is -0.492 e. The zero-order valence-electron chi connectivity index (χ0n) is 19.6. The summed E-state index contributed by atoms with van der Waals surface area (Å²) < 4.78 is 17.1. The van der Waals surface area contributed by atoms with Crippen molar-refractivity contribution in [3.63, 3.8) is 0 Å². The van der Waals surface area contributed by atoms with E-state index in [0.717, 1.165) is 61.0 Å². The maximum absolute atomic E-state index is 11.0. The highest BCUT2D eigenvalue weighted by molar-refractivity contribution is 5.87. The van der Waals surface area contributed by atoms with Gasteiger partial charge in [0.2, 0.25) is 5.75 Å². The molecule has 5 heteroatoms. The van der Waals surface area contributed by atoms with Gasteiger partial charge in [0.05, 0.1) is 26.9 Å². The van der Waals surface area contributed by atoms with Gasteiger partial charge in [0, 0.05) is 0 Å². The van der Waals surface area contributed by atoms with E-state index in [1.165, 1.54) is 5.56 Å². The molecule has 3 rings (SSSR count). The van der Waals surface area contributed by atoms with E-state index in [-0.39, 0.29) is 0 Å². The van der Waals surface area contributed by atoms with E-state index in [1.807, 2.05) is 18.2 Å². The summed E-state index contributed by atoms with van der Waals surface area (Å²) in [6.45, 7) is 0. The van der Waals surface area contributed by atoms with Crippen molar-refractivity contribution < 1.29 is 24.1 Å². The number of ether oxygens (including phenoxy) is 3. The van der Waals surface area contributed by atoms with E-state index >= 15 is 0 Å². The Labute approximate surface area is 195 Å². The number of carbonyl (C=O) groups is 1. The van der Waals surface area contributed by atoms with Gasteiger partial charge < -0.3 is 19.3 Å². The molecule has 3 aromatic carbocycles. The lowest BCUT2D eigenvalue weighted by Gasteiger charge is -2.19. The standard InChI is InChI=1S/C28H32O5/c1-31-25-23(13-7-11-20-9-5-4-6-10-20)19-24(26(32-2)27(25)33-3)14-8-12-21-15-17-22(18-16-21)28(29)30/h4-6,9-10,15-19H,7-8,11-14H2,1-3H3,(H,29,30). The van der Waals surface area contributed by atoms with Crippen molar-refractivity contribution in [2.45, 2.75) is 38.5 Å². The van der Waals surface area contributed by atoms with Gasteiger partial charge in [-0.25, -0.2) is 4.79 Å². The smallest absolute Gasteiger partial charge is 0.335 e. The highest BCUT2D eigenvalue weighted by Gasteiger charge is 2.20. The summed E-state index contributed by atoms with van der Waals surface area (Å²) in [4.78, 5) is 11.0. The number of hydrogen-bond acceptors (Lipinski definition) is 4. The summed E-state index contributed by atoms with van der Waals surface area (Å²) in [5, 5.41) is 9.07. The topological polar surface area (TPSA) is 65.0 Å². The first-order valence-corrected chi connectivity index (χ1v) is 11.2. The molecule has 0 unspecified atom stereocenters. The van der Waals surface area contributed by atoms with Crippen molar-refractivity contribution in [1.29, 1.82) is 0 Å². The molecule has 0 aliphatic rings. The zero-order valence-corrected chi connectivity index (χ0v) is 19.6. The third-order valence-electron chi connectivity index (χ3n) is 5.82. The molecular weight excluding hydrogens is 416 g/mol. The molecule has 0 heterocycles. The Kier molecular flexibility index (Phi) is 8.76. The van der Waals surface area contributed by atoms with Crippen LogP contribution in [0.3, 0.4) is 0 Å². The van der Waals surface area contributed by atoms with Gasteiger partial charge in [0.15, 0.2) is 11.5 Å². The average Bonchev–Trinajstić information content (AvgIpc) is 2.84. The molecule has 0 saturated heterocycles. The molecule has 0 fully saturated rings. The van der Waals surface area contributed by atoms with Crippen molar-refractivity contribution in [2.24, 2.45) is 0 Å². The fraction of sp³-hybridized carbons (Fsp3) is 0.321. The van der Waals surface area contributed by atoms with Gasteiger partial charge in [0.1, 0.15) is 0 Å². The number of hydrogen-bond donors (Lipinski definition) is 1. The molecule has 174 valence electrons. The number of carboxylic acids is 1. The molecule has 1 N–H and O–H groups in total. The van der Waals surface area contributed by atoms with Crippen molar-refractivity contribution >= 4 is 5.97 Å². The Balaban J connectivity index is 1.74. The lowest BCUT2D eigenvalue weighted by molar-refractivity contribution is 0.0697. The summed E-state index contributed by atoms with van der Waals surface area (Å²) in [6, 6.07) is 19.7. The quantitative estimate of drug-likeness (QED) is 0.382. The Hall–Kier alpha value is -3.47. The Bertz CT molecular complexity index is 1040. The molecule has 0 atom stereocenters. The summed E-state index contributed by atoms with van der Waals surface area (Å²) >= 11 is 0. The molecule has 0 aliphatic carbocycles. The zero-order chi connectivity index (χ0) is 23.6. The molecular formula is C28H32O5. The lowest BCUT2D eigenvalue weighted by atomic mass is 9.96. The van der Waals surface area contributed by atoms with Crippen molar-refractivity contribution in [2.75, 3.05) is 21.3 Å². The molecule has 0 bridgehead atoms. The molecule has 0 radical (unpaired) electrons. The van der Waals surface area contributed by atoms with Gasteiger partial charge in [-0.05, 0) is 79.0 Å². The first kappa shape index (κ1) is 24.2. The molecule has 0 saturated carbocycles. The van der Waals surface area contributed by atoms with Crippen LogP contribution in [-0.2, 0) is 25.7 Å². The fourth-order valence-electron chi connectivity index (χ4n) is 4.17. The fourth-order valence-corrected chi connectivity index (χ4v) is 4.17. The lowest BCUT2D eigenvalue weighted by Crippen LogP contribution is -2.04. The summed E-state index contributed by atoms with van der Waals surface area (Å²) in [5.41, 5.74) is 4.95. The largest absolute Gasteiger partial charge is 0.492 e. The first-order valence-electron chi connectivity index (χ1n) is 11.2. The highest BCUT2D eigenvalue weighted by atomic mass is 16.5. The second-order valence-electron chi connectivity index (χ2n) is 7.99. The SMILES string of the molecule is COc1c(CCCc2ccccc2)cc(CCCc2ccc(C(=O)O)cc2)c(OC)c1OC. The van der Waals surface area contributed by atoms with Gasteiger partial charge in [0.25, 0.3) is 0 Å². The summed E-state index contributed by atoms with van der Waals surface area (Å²) in [6.07, 6.45) is 5.45. The third-order valence-corrected chi connectivity index (χ3v) is 5.82. The second-order valence-corrected chi connectivity index (χ2v) is 7.99. The van der Waals surface area contributed by atoms with E-state index in [0.29, 0.717) is 17.1 Å². The number of carboxylic acid groups (broad SMARTS) is 1. The second kappa shape index (κ2) is 12.0. The van der Waals surface area contributed by atoms with Crippen LogP contribution < -0.4 is 14.2 Å². The maximum Gasteiger partial charge on any atom is 0.335 e. The van der Waals surface area contributed by atoms with Gasteiger partial charge in [-0.3, -0.25) is 0 Å². The first-order chi connectivity index (χ1) is 16.1. The number of methoxy groups -OCH3 is 3. The molecule has 0 spiro atoms. The van der Waals surface area contributed by atoms with Crippen LogP contribution in [0.2, 0.25) is 0 Å². The van der Waals surface area contributed by atoms with Crippen LogP contribution in [0.4, 0.5) is 0 Å². The third kappa shape index (κ3) is 6.28. The van der Waals surface area contributed by atoms with Gasteiger partial charge in [-0.2, -0.15) is 0 Å². The van der Waals surface area contributed by atoms with E-state index in [4.69, 9.17) is 19.3 Å². The Morgan fingerprint density at radius 1 is 0.667 bits per heavy atom. The van der Waals surface area contributed by atoms with Crippen LogP contribution in [0.5, 0.6) is 17.2 Å². The number of aromatic carboxylic acids is 1. The van der Waals surface area contributed by atoms with Crippen LogP contribution in [0, 0.1) is 0 Å². The highest BCUT2D eigenvalue weighted by Crippen LogP contribution is 2.43. The van der Waals surface area contributed by atoms with E-state index in [1.54, 1.807) is 33.5 Å². The van der Waals surface area contributed by atoms with Crippen molar-refractivity contribution in [1.82, 2.24) is 0 Å². The van der Waals surface area contributed by atoms with Gasteiger partial charge >= 0.3 is 5.97 Å². The molecule has 5 nitrogen and oxygen atoms in total. The van der Waals surface area contributed by atoms with Crippen molar-refractivity contribution in [3.8, 4) is 17.2 Å². The Morgan fingerprint density at radius 2 is 1.15 bits per heavy atom. The van der Waals surface area contributed by atoms with Crippen LogP contribution in [0.25, 0.3) is 0 Å². The molecule has 33 heavy (non-hydrogen) atoms. The van der Waals surface area contributed by atoms with Gasteiger partial charge in [-0.1, -0.05) is 42.5 Å². The van der Waals surface area contributed by atoms with Gasteiger partial charge in [-0.15, -0.1) is 0 Å². The predicted octanol–water partition coefficient (Wildman–Crippen LogP) is 5.76. The van der Waals surface area contributed by atoms with E-state index < -0.39 is 5.97 Å².